The van der Waals surface area contributed by atoms with Crippen LogP contribution in [0.15, 0.2) is 18.2 Å². The fraction of sp³-hybridized carbons (Fsp3) is 0.538. The van der Waals surface area contributed by atoms with E-state index in [9.17, 15) is 15.2 Å². The number of nitrogens with one attached hydrogen (secondary N) is 1. The second-order valence-corrected chi connectivity index (χ2v) is 5.02. The number of nitrogens with two attached hydrogens (primary N) is 1. The third-order valence-corrected chi connectivity index (χ3v) is 3.67. The number of nitro benzene ring substituents is 1. The Morgan fingerprint density at radius 3 is 2.79 bits per heavy atom. The second-order valence-electron chi connectivity index (χ2n) is 5.02. The number of aliphatic hydroxyl groups is 1. The maximum atomic E-state index is 10.6. The number of hydrogen-bond donors (Lipinski definition) is 3. The van der Waals surface area contributed by atoms with Crippen molar-refractivity contribution in [3.05, 3.63) is 28.3 Å². The number of benzene rings is 1. The molecular formula is C13H19N3O3. The van der Waals surface area contributed by atoms with Crippen LogP contribution in [0.2, 0.25) is 0 Å². The molecule has 0 bridgehead atoms. The number of nitrogen functional groups attached to an aromatic ring is 1. The van der Waals surface area contributed by atoms with E-state index in [4.69, 9.17) is 5.73 Å². The number of anilines is 2. The molecule has 4 N–H and O–H groups in total. The monoisotopic (exact) mass is 265 g/mol. The van der Waals surface area contributed by atoms with Crippen molar-refractivity contribution in [1.29, 1.82) is 0 Å². The molecule has 1 aromatic rings. The van der Waals surface area contributed by atoms with Gasteiger partial charge in [-0.05, 0) is 18.9 Å². The zero-order valence-electron chi connectivity index (χ0n) is 10.7. The minimum Gasteiger partial charge on any atom is -0.397 e. The Hall–Kier alpha value is -1.82. The van der Waals surface area contributed by atoms with Crippen molar-refractivity contribution in [1.82, 2.24) is 0 Å². The van der Waals surface area contributed by atoms with Gasteiger partial charge in [-0.25, -0.2) is 0 Å². The summed E-state index contributed by atoms with van der Waals surface area (Å²) in [5.74, 6) is 0.225. The largest absolute Gasteiger partial charge is 0.397 e. The van der Waals surface area contributed by atoms with Gasteiger partial charge in [-0.1, -0.05) is 12.8 Å². The van der Waals surface area contributed by atoms with E-state index in [-0.39, 0.29) is 17.7 Å². The van der Waals surface area contributed by atoms with E-state index in [1.807, 2.05) is 0 Å². The predicted molar refractivity (Wildman–Crippen MR) is 74.0 cm³/mol. The first-order chi connectivity index (χ1) is 9.08. The van der Waals surface area contributed by atoms with Crippen molar-refractivity contribution in [3.8, 4) is 0 Å². The summed E-state index contributed by atoms with van der Waals surface area (Å²) < 4.78 is 0. The van der Waals surface area contributed by atoms with Crippen LogP contribution in [0, 0.1) is 16.0 Å². The molecule has 0 spiro atoms. The van der Waals surface area contributed by atoms with E-state index in [0.717, 1.165) is 25.7 Å². The molecule has 6 nitrogen and oxygen atoms in total. The van der Waals surface area contributed by atoms with Gasteiger partial charge < -0.3 is 16.2 Å². The van der Waals surface area contributed by atoms with Crippen LogP contribution in [0.3, 0.4) is 0 Å². The molecule has 6 heteroatoms. The van der Waals surface area contributed by atoms with E-state index in [2.05, 4.69) is 5.32 Å². The predicted octanol–water partition coefficient (Wildman–Crippen LogP) is 2.14. The van der Waals surface area contributed by atoms with Crippen molar-refractivity contribution in [2.24, 2.45) is 5.92 Å². The van der Waals surface area contributed by atoms with Crippen molar-refractivity contribution in [2.75, 3.05) is 17.6 Å². The second kappa shape index (κ2) is 5.88. The highest BCUT2D eigenvalue weighted by molar-refractivity contribution is 5.69. The van der Waals surface area contributed by atoms with Gasteiger partial charge in [0.1, 0.15) is 0 Å². The Kier molecular flexibility index (Phi) is 4.21. The number of aliphatic hydroxyl groups excluding tert-OH is 1. The molecule has 0 saturated heterocycles. The lowest BCUT2D eigenvalue weighted by Crippen LogP contribution is -2.30. The van der Waals surface area contributed by atoms with E-state index in [0.29, 0.717) is 17.9 Å². The normalized spacial score (nSPS) is 23.0. The lowest BCUT2D eigenvalue weighted by Gasteiger charge is -2.28. The van der Waals surface area contributed by atoms with Gasteiger partial charge in [0.2, 0.25) is 0 Å². The number of hydrogen-bond acceptors (Lipinski definition) is 5. The summed E-state index contributed by atoms with van der Waals surface area (Å²) in [6.07, 6.45) is 3.81. The van der Waals surface area contributed by atoms with Gasteiger partial charge in [0.25, 0.3) is 5.69 Å². The Bertz CT molecular complexity index is 464. The summed E-state index contributed by atoms with van der Waals surface area (Å²) in [4.78, 5) is 10.1. The summed E-state index contributed by atoms with van der Waals surface area (Å²) in [5, 5.41) is 23.7. The van der Waals surface area contributed by atoms with Crippen LogP contribution < -0.4 is 11.1 Å². The van der Waals surface area contributed by atoms with Gasteiger partial charge in [-0.15, -0.1) is 0 Å². The van der Waals surface area contributed by atoms with Crippen molar-refractivity contribution in [2.45, 2.75) is 31.8 Å². The highest BCUT2D eigenvalue weighted by Crippen LogP contribution is 2.27. The summed E-state index contributed by atoms with van der Waals surface area (Å²) >= 11 is 0. The molecule has 1 fully saturated rings. The minimum atomic E-state index is -0.467. The Morgan fingerprint density at radius 2 is 2.16 bits per heavy atom. The molecule has 0 aromatic heterocycles. The smallest absolute Gasteiger partial charge is 0.271 e. The Balaban J connectivity index is 1.97. The molecule has 1 aromatic carbocycles. The van der Waals surface area contributed by atoms with Crippen LogP contribution in [0.5, 0.6) is 0 Å². The van der Waals surface area contributed by atoms with E-state index >= 15 is 0 Å². The van der Waals surface area contributed by atoms with Crippen LogP contribution >= 0.6 is 0 Å². The molecule has 2 rings (SSSR count). The standard InChI is InChI=1S/C13H19N3O3/c14-11-7-10(16(18)19)5-6-12(11)15-8-9-3-1-2-4-13(9)17/h5-7,9,13,15,17H,1-4,8,14H2. The highest BCUT2D eigenvalue weighted by atomic mass is 16.6. The van der Waals surface area contributed by atoms with Crippen molar-refractivity contribution in [3.63, 3.8) is 0 Å². The van der Waals surface area contributed by atoms with Crippen molar-refractivity contribution < 1.29 is 10.0 Å². The highest BCUT2D eigenvalue weighted by Gasteiger charge is 2.22. The zero-order valence-corrected chi connectivity index (χ0v) is 10.7. The SMILES string of the molecule is Nc1cc([N+](=O)[O-])ccc1NCC1CCCCC1O. The maximum Gasteiger partial charge on any atom is 0.271 e. The van der Waals surface area contributed by atoms with E-state index in [1.54, 1.807) is 6.07 Å². The van der Waals surface area contributed by atoms with Crippen LogP contribution in [0.1, 0.15) is 25.7 Å². The zero-order chi connectivity index (χ0) is 13.8. The van der Waals surface area contributed by atoms with Crippen LogP contribution in [-0.4, -0.2) is 22.7 Å². The molecule has 0 aliphatic heterocycles. The molecular weight excluding hydrogens is 246 g/mol. The summed E-state index contributed by atoms with van der Waals surface area (Å²) in [6, 6.07) is 4.39. The number of nitro groups is 1. The minimum absolute atomic E-state index is 0.0132. The number of rotatable bonds is 4. The number of non-ortho nitro benzene ring substituents is 1. The van der Waals surface area contributed by atoms with Gasteiger partial charge in [0, 0.05) is 24.6 Å². The molecule has 1 aliphatic rings. The van der Waals surface area contributed by atoms with E-state index < -0.39 is 4.92 Å². The van der Waals surface area contributed by atoms with Crippen LogP contribution in [0.4, 0.5) is 17.1 Å². The lowest BCUT2D eigenvalue weighted by molar-refractivity contribution is -0.384. The average Bonchev–Trinajstić information content (AvgIpc) is 2.39. The Labute approximate surface area is 111 Å². The first kappa shape index (κ1) is 13.6. The topological polar surface area (TPSA) is 101 Å². The summed E-state index contributed by atoms with van der Waals surface area (Å²) in [6.45, 7) is 0.642. The molecule has 0 heterocycles. The molecule has 2 unspecified atom stereocenters. The molecule has 2 atom stereocenters. The van der Waals surface area contributed by atoms with Gasteiger partial charge in [-0.3, -0.25) is 10.1 Å². The first-order valence-electron chi connectivity index (χ1n) is 6.54. The molecule has 104 valence electrons. The molecule has 0 radical (unpaired) electrons. The lowest BCUT2D eigenvalue weighted by atomic mass is 9.86. The maximum absolute atomic E-state index is 10.6. The fourth-order valence-corrected chi connectivity index (χ4v) is 2.49. The van der Waals surface area contributed by atoms with Gasteiger partial charge in [-0.2, -0.15) is 0 Å². The van der Waals surface area contributed by atoms with Gasteiger partial charge >= 0.3 is 0 Å². The average molecular weight is 265 g/mol. The molecule has 0 amide bonds. The van der Waals surface area contributed by atoms with Crippen LogP contribution in [-0.2, 0) is 0 Å². The molecule has 19 heavy (non-hydrogen) atoms. The summed E-state index contributed by atoms with van der Waals surface area (Å²) in [7, 11) is 0. The first-order valence-corrected chi connectivity index (χ1v) is 6.54. The summed E-state index contributed by atoms with van der Waals surface area (Å²) in [5.41, 5.74) is 6.81. The van der Waals surface area contributed by atoms with Gasteiger partial charge in [0.15, 0.2) is 0 Å². The Morgan fingerprint density at radius 1 is 1.42 bits per heavy atom. The number of nitrogens with zero attached hydrogens (tertiary/aromatic N) is 1. The van der Waals surface area contributed by atoms with Gasteiger partial charge in [0.05, 0.1) is 22.4 Å². The molecule has 1 aliphatic carbocycles. The quantitative estimate of drug-likeness (QED) is 0.440. The van der Waals surface area contributed by atoms with Crippen molar-refractivity contribution >= 4 is 17.1 Å². The fourth-order valence-electron chi connectivity index (χ4n) is 2.49. The third-order valence-electron chi connectivity index (χ3n) is 3.67. The van der Waals surface area contributed by atoms with Crippen LogP contribution in [0.25, 0.3) is 0 Å². The third kappa shape index (κ3) is 3.35. The van der Waals surface area contributed by atoms with E-state index in [1.165, 1.54) is 12.1 Å². The molecule has 1 saturated carbocycles.